The molecule has 118 valence electrons. The number of hydrogen-bond donors (Lipinski definition) is 1. The van der Waals surface area contributed by atoms with Crippen molar-refractivity contribution < 1.29 is 13.9 Å². The summed E-state index contributed by atoms with van der Waals surface area (Å²) in [6, 6.07) is 9.77. The normalized spacial score (nSPS) is 10.7. The van der Waals surface area contributed by atoms with Crippen LogP contribution in [0.5, 0.6) is 5.75 Å². The van der Waals surface area contributed by atoms with Gasteiger partial charge in [-0.15, -0.1) is 0 Å². The number of rotatable bonds is 4. The van der Waals surface area contributed by atoms with Gasteiger partial charge in [-0.05, 0) is 35.9 Å². The number of benzene rings is 2. The maximum atomic E-state index is 13.6. The Bertz CT molecular complexity index is 882. The average Bonchev–Trinajstić information content (AvgIpc) is 2.88. The highest BCUT2D eigenvalue weighted by Crippen LogP contribution is 2.28. The highest BCUT2D eigenvalue weighted by Gasteiger charge is 2.11. The Morgan fingerprint density at radius 1 is 1.35 bits per heavy atom. The molecule has 0 unspecified atom stereocenters. The quantitative estimate of drug-likeness (QED) is 0.764. The van der Waals surface area contributed by atoms with Crippen molar-refractivity contribution in [2.75, 3.05) is 12.4 Å². The minimum absolute atomic E-state index is 0.0532. The van der Waals surface area contributed by atoms with Crippen molar-refractivity contribution >= 4 is 44.2 Å². The maximum Gasteiger partial charge on any atom is 0.230 e. The van der Waals surface area contributed by atoms with E-state index in [4.69, 9.17) is 16.3 Å². The summed E-state index contributed by atoms with van der Waals surface area (Å²) in [6.45, 7) is 0. The molecule has 1 heterocycles. The average molecular weight is 351 g/mol. The van der Waals surface area contributed by atoms with Crippen molar-refractivity contribution in [1.29, 1.82) is 0 Å². The lowest BCUT2D eigenvalue weighted by molar-refractivity contribution is -0.115. The molecular formula is C16H12ClFN2O2S. The minimum atomic E-state index is -0.493. The standard InChI is InChI=1S/C16H12ClFN2O2S/c1-22-13-5-2-9(6-11(13)18)7-15(21)20-16-19-12-4-3-10(17)8-14(12)23-16/h2-6,8H,7H2,1H3,(H,19,20,21). The van der Waals surface area contributed by atoms with Gasteiger partial charge in [-0.2, -0.15) is 0 Å². The molecule has 0 atom stereocenters. The molecule has 1 amide bonds. The fourth-order valence-electron chi connectivity index (χ4n) is 2.12. The molecule has 3 rings (SSSR count). The van der Waals surface area contributed by atoms with Crippen LogP contribution in [0.25, 0.3) is 10.2 Å². The summed E-state index contributed by atoms with van der Waals surface area (Å²) in [5.74, 6) is -0.607. The van der Waals surface area contributed by atoms with E-state index in [1.807, 2.05) is 0 Å². The number of methoxy groups -OCH3 is 1. The zero-order chi connectivity index (χ0) is 16.4. The van der Waals surface area contributed by atoms with Crippen LogP contribution < -0.4 is 10.1 Å². The Balaban J connectivity index is 1.71. The van der Waals surface area contributed by atoms with Gasteiger partial charge in [0, 0.05) is 5.02 Å². The summed E-state index contributed by atoms with van der Waals surface area (Å²) in [6.07, 6.45) is 0.0532. The maximum absolute atomic E-state index is 13.6. The second-order valence-corrected chi connectivity index (χ2v) is 6.29. The Morgan fingerprint density at radius 3 is 2.91 bits per heavy atom. The van der Waals surface area contributed by atoms with Crippen molar-refractivity contribution in [3.05, 3.63) is 52.8 Å². The monoisotopic (exact) mass is 350 g/mol. The molecule has 4 nitrogen and oxygen atoms in total. The third kappa shape index (κ3) is 3.60. The van der Waals surface area contributed by atoms with E-state index in [-0.39, 0.29) is 18.1 Å². The number of aromatic nitrogens is 1. The first-order valence-electron chi connectivity index (χ1n) is 6.73. The number of carbonyl (C=O) groups is 1. The predicted octanol–water partition coefficient (Wildman–Crippen LogP) is 4.28. The molecule has 0 aliphatic carbocycles. The summed E-state index contributed by atoms with van der Waals surface area (Å²) in [7, 11) is 1.39. The number of anilines is 1. The van der Waals surface area contributed by atoms with Gasteiger partial charge in [0.2, 0.25) is 5.91 Å². The highest BCUT2D eigenvalue weighted by molar-refractivity contribution is 7.22. The SMILES string of the molecule is COc1ccc(CC(=O)Nc2nc3ccc(Cl)cc3s2)cc1F. The van der Waals surface area contributed by atoms with Crippen LogP contribution in [0.4, 0.5) is 9.52 Å². The molecule has 0 bridgehead atoms. The van der Waals surface area contributed by atoms with E-state index in [0.29, 0.717) is 15.7 Å². The lowest BCUT2D eigenvalue weighted by Crippen LogP contribution is -2.14. The zero-order valence-electron chi connectivity index (χ0n) is 12.1. The lowest BCUT2D eigenvalue weighted by atomic mass is 10.1. The number of carbonyl (C=O) groups excluding carboxylic acids is 1. The number of amides is 1. The number of nitrogens with one attached hydrogen (secondary N) is 1. The number of fused-ring (bicyclic) bond motifs is 1. The van der Waals surface area contributed by atoms with Crippen molar-refractivity contribution in [3.63, 3.8) is 0 Å². The third-order valence-electron chi connectivity index (χ3n) is 3.18. The molecule has 1 N–H and O–H groups in total. The second-order valence-electron chi connectivity index (χ2n) is 4.82. The lowest BCUT2D eigenvalue weighted by Gasteiger charge is -2.05. The van der Waals surface area contributed by atoms with Crippen LogP contribution in [0.2, 0.25) is 5.02 Å². The third-order valence-corrected chi connectivity index (χ3v) is 4.35. The molecule has 2 aromatic carbocycles. The molecule has 3 aromatic rings. The van der Waals surface area contributed by atoms with Crippen LogP contribution in [0.15, 0.2) is 36.4 Å². The Hall–Kier alpha value is -2.18. The van der Waals surface area contributed by atoms with Crippen molar-refractivity contribution in [2.24, 2.45) is 0 Å². The van der Waals surface area contributed by atoms with Gasteiger partial charge < -0.3 is 10.1 Å². The number of nitrogens with zero attached hydrogens (tertiary/aromatic N) is 1. The molecule has 0 aliphatic rings. The van der Waals surface area contributed by atoms with E-state index in [1.165, 1.54) is 30.6 Å². The van der Waals surface area contributed by atoms with Crippen LogP contribution in [-0.2, 0) is 11.2 Å². The summed E-state index contributed by atoms with van der Waals surface area (Å²) < 4.78 is 19.4. The van der Waals surface area contributed by atoms with E-state index in [1.54, 1.807) is 24.3 Å². The largest absolute Gasteiger partial charge is 0.494 e. The number of halogens is 2. The Morgan fingerprint density at radius 2 is 2.17 bits per heavy atom. The first-order chi connectivity index (χ1) is 11.0. The molecule has 0 spiro atoms. The van der Waals surface area contributed by atoms with Gasteiger partial charge >= 0.3 is 0 Å². The van der Waals surface area contributed by atoms with E-state index < -0.39 is 5.82 Å². The zero-order valence-corrected chi connectivity index (χ0v) is 13.7. The highest BCUT2D eigenvalue weighted by atomic mass is 35.5. The first-order valence-corrected chi connectivity index (χ1v) is 7.93. The van der Waals surface area contributed by atoms with Gasteiger partial charge in [0.1, 0.15) is 0 Å². The molecule has 0 aliphatic heterocycles. The molecule has 23 heavy (non-hydrogen) atoms. The summed E-state index contributed by atoms with van der Waals surface area (Å²) in [5, 5.41) is 3.82. The first kappa shape index (κ1) is 15.7. The summed E-state index contributed by atoms with van der Waals surface area (Å²) >= 11 is 7.26. The van der Waals surface area contributed by atoms with E-state index in [0.717, 1.165) is 10.2 Å². The van der Waals surface area contributed by atoms with Gasteiger partial charge in [0.15, 0.2) is 16.7 Å². The number of hydrogen-bond acceptors (Lipinski definition) is 4. The van der Waals surface area contributed by atoms with Crippen LogP contribution >= 0.6 is 22.9 Å². The Labute approximate surface area is 140 Å². The van der Waals surface area contributed by atoms with E-state index in [2.05, 4.69) is 10.3 Å². The van der Waals surface area contributed by atoms with Crippen molar-refractivity contribution in [3.8, 4) is 5.75 Å². The molecule has 0 fully saturated rings. The molecule has 1 aromatic heterocycles. The van der Waals surface area contributed by atoms with Crippen LogP contribution in [-0.4, -0.2) is 18.0 Å². The Kier molecular flexibility index (Phi) is 4.45. The summed E-state index contributed by atoms with van der Waals surface area (Å²) in [5.41, 5.74) is 1.33. The smallest absolute Gasteiger partial charge is 0.230 e. The van der Waals surface area contributed by atoms with Crippen LogP contribution in [0.1, 0.15) is 5.56 Å². The van der Waals surface area contributed by atoms with E-state index in [9.17, 15) is 9.18 Å². The number of thiazole rings is 1. The van der Waals surface area contributed by atoms with Crippen molar-refractivity contribution in [1.82, 2.24) is 4.98 Å². The van der Waals surface area contributed by atoms with Crippen molar-refractivity contribution in [2.45, 2.75) is 6.42 Å². The molecule has 0 radical (unpaired) electrons. The molecule has 0 saturated carbocycles. The van der Waals surface area contributed by atoms with E-state index >= 15 is 0 Å². The predicted molar refractivity (Wildman–Crippen MR) is 89.9 cm³/mol. The topological polar surface area (TPSA) is 51.2 Å². The molecule has 7 heteroatoms. The molecule has 0 saturated heterocycles. The van der Waals surface area contributed by atoms with Gasteiger partial charge in [-0.1, -0.05) is 29.0 Å². The van der Waals surface area contributed by atoms with Gasteiger partial charge in [-0.3, -0.25) is 4.79 Å². The second kappa shape index (κ2) is 6.52. The minimum Gasteiger partial charge on any atom is -0.494 e. The summed E-state index contributed by atoms with van der Waals surface area (Å²) in [4.78, 5) is 16.4. The van der Waals surface area contributed by atoms with Crippen LogP contribution in [0, 0.1) is 5.82 Å². The van der Waals surface area contributed by atoms with Gasteiger partial charge in [0.05, 0.1) is 23.7 Å². The fourth-order valence-corrected chi connectivity index (χ4v) is 3.28. The van der Waals surface area contributed by atoms with Gasteiger partial charge in [0.25, 0.3) is 0 Å². The van der Waals surface area contributed by atoms with Gasteiger partial charge in [-0.25, -0.2) is 9.37 Å². The number of ether oxygens (including phenoxy) is 1. The molecular weight excluding hydrogens is 339 g/mol. The van der Waals surface area contributed by atoms with Crippen LogP contribution in [0.3, 0.4) is 0 Å². The fraction of sp³-hybridized carbons (Fsp3) is 0.125.